The van der Waals surface area contributed by atoms with Gasteiger partial charge in [-0.2, -0.15) is 22.1 Å². The second-order valence-electron chi connectivity index (χ2n) is 4.93. The van der Waals surface area contributed by atoms with E-state index in [0.717, 1.165) is 20.3 Å². The third-order valence-corrected chi connectivity index (χ3v) is 4.45. The molecule has 25 heavy (non-hydrogen) atoms. The zero-order chi connectivity index (χ0) is 18.4. The number of halogens is 4. The molecule has 3 rings (SSSR count). The maximum Gasteiger partial charge on any atom is 0.455 e. The molecule has 130 valence electrons. The number of hydrogen-bond acceptors (Lipinski definition) is 5. The number of hydrogen-bond donors (Lipinski definition) is 1. The SMILES string of the molecule is O=C(c1c(O)[n+](Cc2cnc(Cl)s2)c2ccccn2c1=O)C(F)(F)F. The summed E-state index contributed by atoms with van der Waals surface area (Å²) in [5, 5.41) is 10.2. The number of aromatic hydroxyl groups is 1. The van der Waals surface area contributed by atoms with Crippen LogP contribution in [0.1, 0.15) is 15.2 Å². The molecule has 0 aromatic carbocycles. The van der Waals surface area contributed by atoms with Crippen molar-refractivity contribution in [2.45, 2.75) is 12.7 Å². The molecule has 1 N–H and O–H groups in total. The second kappa shape index (κ2) is 6.12. The van der Waals surface area contributed by atoms with Crippen molar-refractivity contribution in [1.29, 1.82) is 0 Å². The molecule has 0 bridgehead atoms. The van der Waals surface area contributed by atoms with E-state index in [1.54, 1.807) is 0 Å². The molecule has 0 amide bonds. The van der Waals surface area contributed by atoms with Crippen molar-refractivity contribution >= 4 is 34.4 Å². The van der Waals surface area contributed by atoms with Crippen LogP contribution in [0, 0.1) is 0 Å². The van der Waals surface area contributed by atoms with Crippen molar-refractivity contribution in [1.82, 2.24) is 9.38 Å². The van der Waals surface area contributed by atoms with Crippen LogP contribution < -0.4 is 10.1 Å². The first-order valence-electron chi connectivity index (χ1n) is 6.68. The van der Waals surface area contributed by atoms with Gasteiger partial charge in [0, 0.05) is 12.3 Å². The minimum atomic E-state index is -5.30. The number of aromatic nitrogens is 3. The molecule has 0 fully saturated rings. The summed E-state index contributed by atoms with van der Waals surface area (Å²) in [4.78, 5) is 28.2. The summed E-state index contributed by atoms with van der Waals surface area (Å²) in [6, 6.07) is 4.38. The van der Waals surface area contributed by atoms with E-state index in [0.29, 0.717) is 4.88 Å². The molecule has 3 aromatic rings. The zero-order valence-electron chi connectivity index (χ0n) is 12.1. The van der Waals surface area contributed by atoms with E-state index in [2.05, 4.69) is 4.98 Å². The fraction of sp³-hybridized carbons (Fsp3) is 0.143. The maximum absolute atomic E-state index is 12.8. The summed E-state index contributed by atoms with van der Waals surface area (Å²) in [5.41, 5.74) is -2.49. The summed E-state index contributed by atoms with van der Waals surface area (Å²) in [6.45, 7) is -0.123. The Hall–Kier alpha value is -2.46. The summed E-state index contributed by atoms with van der Waals surface area (Å²) in [7, 11) is 0. The van der Waals surface area contributed by atoms with Gasteiger partial charge in [0.1, 0.15) is 6.54 Å². The maximum atomic E-state index is 12.8. The zero-order valence-corrected chi connectivity index (χ0v) is 13.7. The van der Waals surface area contributed by atoms with Gasteiger partial charge in [-0.1, -0.05) is 17.7 Å². The quantitative estimate of drug-likeness (QED) is 0.549. The Balaban J connectivity index is 2.31. The smallest absolute Gasteiger partial charge is 0.455 e. The molecule has 0 aliphatic rings. The Labute approximate surface area is 146 Å². The Morgan fingerprint density at radius 2 is 2.12 bits per heavy atom. The van der Waals surface area contributed by atoms with E-state index in [9.17, 15) is 27.9 Å². The monoisotopic (exact) mass is 390 g/mol. The highest BCUT2D eigenvalue weighted by Crippen LogP contribution is 2.24. The summed E-state index contributed by atoms with van der Waals surface area (Å²) in [6.07, 6.45) is -2.71. The Kier molecular flexibility index (Phi) is 4.25. The van der Waals surface area contributed by atoms with Crippen molar-refractivity contribution in [3.8, 4) is 5.88 Å². The van der Waals surface area contributed by atoms with E-state index in [1.807, 2.05) is 0 Å². The van der Waals surface area contributed by atoms with E-state index in [-0.39, 0.29) is 16.7 Å². The highest BCUT2D eigenvalue weighted by Gasteiger charge is 2.45. The molecular formula is C14H8ClF3N3O3S+. The average Bonchev–Trinajstić information content (AvgIpc) is 2.96. The second-order valence-corrected chi connectivity index (χ2v) is 6.62. The van der Waals surface area contributed by atoms with Gasteiger partial charge >= 0.3 is 17.6 Å². The minimum Gasteiger partial charge on any atom is -0.477 e. The van der Waals surface area contributed by atoms with Crippen LogP contribution in [-0.2, 0) is 6.54 Å². The molecule has 0 saturated carbocycles. The largest absolute Gasteiger partial charge is 0.477 e. The van der Waals surface area contributed by atoms with Crippen LogP contribution >= 0.6 is 22.9 Å². The van der Waals surface area contributed by atoms with Crippen molar-refractivity contribution < 1.29 is 27.6 Å². The molecule has 3 aromatic heterocycles. The molecule has 6 nitrogen and oxygen atoms in total. The van der Waals surface area contributed by atoms with E-state index < -0.39 is 29.0 Å². The molecule has 0 saturated heterocycles. The normalized spacial score (nSPS) is 11.8. The molecule has 3 heterocycles. The highest BCUT2D eigenvalue weighted by molar-refractivity contribution is 7.15. The van der Waals surface area contributed by atoms with Gasteiger partial charge in [-0.25, -0.2) is 9.78 Å². The van der Waals surface area contributed by atoms with Gasteiger partial charge in [0.2, 0.25) is 5.56 Å². The van der Waals surface area contributed by atoms with E-state index in [4.69, 9.17) is 11.6 Å². The van der Waals surface area contributed by atoms with Crippen LogP contribution in [0.4, 0.5) is 13.2 Å². The number of carbonyl (C=O) groups is 1. The third-order valence-electron chi connectivity index (χ3n) is 3.35. The fourth-order valence-corrected chi connectivity index (χ4v) is 3.26. The van der Waals surface area contributed by atoms with Gasteiger partial charge in [0.25, 0.3) is 11.4 Å². The van der Waals surface area contributed by atoms with Gasteiger partial charge in [-0.05, 0) is 6.07 Å². The lowest BCUT2D eigenvalue weighted by molar-refractivity contribution is -0.671. The number of fused-ring (bicyclic) bond motifs is 1. The molecular weight excluding hydrogens is 383 g/mol. The Morgan fingerprint density at radius 1 is 1.40 bits per heavy atom. The lowest BCUT2D eigenvalue weighted by Crippen LogP contribution is -2.44. The van der Waals surface area contributed by atoms with Crippen LogP contribution in [0.3, 0.4) is 0 Å². The third kappa shape index (κ3) is 3.10. The van der Waals surface area contributed by atoms with Gasteiger partial charge in [0.05, 0.1) is 11.1 Å². The topological polar surface area (TPSA) is 75.6 Å². The summed E-state index contributed by atoms with van der Waals surface area (Å²) < 4.78 is 40.5. The number of pyridine rings is 1. The van der Waals surface area contributed by atoms with Crippen LogP contribution in [-0.4, -0.2) is 26.5 Å². The Bertz CT molecular complexity index is 1050. The first kappa shape index (κ1) is 17.4. The molecule has 0 spiro atoms. The van der Waals surface area contributed by atoms with Gasteiger partial charge in [0.15, 0.2) is 4.47 Å². The minimum absolute atomic E-state index is 0.105. The number of carbonyl (C=O) groups excluding carboxylic acids is 1. The molecule has 0 atom stereocenters. The molecule has 11 heteroatoms. The molecule has 0 aliphatic carbocycles. The summed E-state index contributed by atoms with van der Waals surface area (Å²) >= 11 is 6.78. The van der Waals surface area contributed by atoms with Crippen molar-refractivity contribution in [2.24, 2.45) is 0 Å². The van der Waals surface area contributed by atoms with Crippen LogP contribution in [0.5, 0.6) is 5.88 Å². The van der Waals surface area contributed by atoms with Crippen molar-refractivity contribution in [3.63, 3.8) is 0 Å². The predicted molar refractivity (Wildman–Crippen MR) is 82.1 cm³/mol. The van der Waals surface area contributed by atoms with E-state index in [1.165, 1.54) is 30.6 Å². The number of thiazole rings is 1. The standard InChI is InChI=1S/C14H7ClF3N3O3S/c15-13-19-5-7(25-13)6-21-8-3-1-2-4-20(8)11(23)9(12(21)24)10(22)14(16,17)18/h1-5H,6H2/p+1. The first-order chi connectivity index (χ1) is 11.7. The number of alkyl halides is 3. The number of Topliss-reactive ketones (excluding diaryl/α,β-unsaturated/α-hetero) is 1. The predicted octanol–water partition coefficient (Wildman–Crippen LogP) is 2.20. The average molecular weight is 391 g/mol. The van der Waals surface area contributed by atoms with Crippen molar-refractivity contribution in [2.75, 3.05) is 0 Å². The first-order valence-corrected chi connectivity index (χ1v) is 7.87. The number of ketones is 1. The van der Waals surface area contributed by atoms with Crippen molar-refractivity contribution in [3.05, 3.63) is 55.9 Å². The van der Waals surface area contributed by atoms with Crippen LogP contribution in [0.2, 0.25) is 4.47 Å². The fourth-order valence-electron chi connectivity index (χ4n) is 2.29. The van der Waals surface area contributed by atoms with E-state index >= 15 is 0 Å². The highest BCUT2D eigenvalue weighted by atomic mass is 35.5. The summed E-state index contributed by atoms with van der Waals surface area (Å²) in [5.74, 6) is -3.48. The lowest BCUT2D eigenvalue weighted by atomic mass is 10.2. The number of nitrogens with zero attached hydrogens (tertiary/aromatic N) is 3. The molecule has 0 unspecified atom stereocenters. The van der Waals surface area contributed by atoms with Crippen LogP contribution in [0.25, 0.3) is 5.65 Å². The van der Waals surface area contributed by atoms with Gasteiger partial charge < -0.3 is 5.11 Å². The molecule has 0 aliphatic heterocycles. The van der Waals surface area contributed by atoms with Crippen LogP contribution in [0.15, 0.2) is 35.4 Å². The van der Waals surface area contributed by atoms with Gasteiger partial charge in [-0.15, -0.1) is 11.3 Å². The number of rotatable bonds is 3. The van der Waals surface area contributed by atoms with Gasteiger partial charge in [-0.3, -0.25) is 4.79 Å². The molecule has 0 radical (unpaired) electrons. The lowest BCUT2D eigenvalue weighted by Gasteiger charge is -2.09. The Morgan fingerprint density at radius 3 is 2.72 bits per heavy atom.